The fraction of sp³-hybridized carbons (Fsp3) is 0.500. The summed E-state index contributed by atoms with van der Waals surface area (Å²) in [5.74, 6) is 4.47. The van der Waals surface area contributed by atoms with E-state index in [-0.39, 0.29) is 12.1 Å². The van der Waals surface area contributed by atoms with Crippen LogP contribution < -0.4 is 28.4 Å². The number of quaternary nitrogens is 2. The van der Waals surface area contributed by atoms with Crippen molar-refractivity contribution >= 4 is 5.97 Å². The molecule has 65 heavy (non-hydrogen) atoms. The van der Waals surface area contributed by atoms with Crippen molar-refractivity contribution in [1.29, 1.82) is 0 Å². The largest absolute Gasteiger partial charge is 0.501 e. The summed E-state index contributed by atoms with van der Waals surface area (Å²) in [5.41, 5.74) is 13.5. The maximum Gasteiger partial charge on any atom is 0.333 e. The Balaban J connectivity index is 1.07. The van der Waals surface area contributed by atoms with Gasteiger partial charge in [0.25, 0.3) is 0 Å². The monoisotopic (exact) mass is 895 g/mol. The molecule has 352 valence electrons. The molecule has 2 aliphatic heterocycles. The highest BCUT2D eigenvalue weighted by molar-refractivity contribution is 5.81. The molecule has 0 fully saturated rings. The number of aryl methyl sites for hydroxylation is 3. The van der Waals surface area contributed by atoms with Crippen LogP contribution in [0.15, 0.2) is 54.8 Å². The van der Waals surface area contributed by atoms with Crippen molar-refractivity contribution in [3.8, 4) is 34.5 Å². The summed E-state index contributed by atoms with van der Waals surface area (Å²) in [6.07, 6.45) is 7.93. The molecule has 0 saturated heterocycles. The maximum absolute atomic E-state index is 12.9. The van der Waals surface area contributed by atoms with E-state index < -0.39 is 5.97 Å². The number of nitrogens with zero attached hydrogens (tertiary/aromatic N) is 2. The number of methoxy groups -OCH3 is 6. The van der Waals surface area contributed by atoms with E-state index in [1.54, 1.807) is 42.7 Å². The quantitative estimate of drug-likeness (QED) is 0.0283. The van der Waals surface area contributed by atoms with Crippen LogP contribution in [0.25, 0.3) is 0 Å². The van der Waals surface area contributed by atoms with Gasteiger partial charge < -0.3 is 46.9 Å². The molecule has 0 bridgehead atoms. The van der Waals surface area contributed by atoms with E-state index in [2.05, 4.69) is 91.2 Å². The van der Waals surface area contributed by atoms with Crippen molar-refractivity contribution in [3.63, 3.8) is 0 Å². The number of likely N-dealkylation sites (N-methyl/N-ethyl adjacent to an activating group) is 2. The van der Waals surface area contributed by atoms with Crippen LogP contribution in [-0.2, 0) is 40.0 Å². The molecular weight excluding hydrogens is 821 g/mol. The van der Waals surface area contributed by atoms with Gasteiger partial charge in [0.1, 0.15) is 23.6 Å². The van der Waals surface area contributed by atoms with Gasteiger partial charge in [-0.15, -0.1) is 0 Å². The summed E-state index contributed by atoms with van der Waals surface area (Å²) in [6, 6.07) is 15.7. The molecular formula is C54H74N2O9+2. The molecule has 0 spiro atoms. The van der Waals surface area contributed by atoms with Crippen LogP contribution >= 0.6 is 0 Å². The topological polar surface area (TPSA) is 90.9 Å². The van der Waals surface area contributed by atoms with E-state index in [4.69, 9.17) is 37.9 Å². The van der Waals surface area contributed by atoms with Crippen LogP contribution in [0.2, 0.25) is 0 Å². The molecule has 0 amide bonds. The average molecular weight is 895 g/mol. The first-order chi connectivity index (χ1) is 31.1. The van der Waals surface area contributed by atoms with Crippen molar-refractivity contribution in [2.24, 2.45) is 0 Å². The van der Waals surface area contributed by atoms with Crippen LogP contribution in [0.4, 0.5) is 0 Å². The number of ether oxygens (including phenoxy) is 8. The lowest BCUT2D eigenvalue weighted by atomic mass is 9.83. The summed E-state index contributed by atoms with van der Waals surface area (Å²) in [7, 11) is 14.9. The number of esters is 1. The van der Waals surface area contributed by atoms with Crippen LogP contribution in [0.1, 0.15) is 86.1 Å². The summed E-state index contributed by atoms with van der Waals surface area (Å²) in [5, 5.41) is 0. The second-order valence-corrected chi connectivity index (χ2v) is 18.6. The van der Waals surface area contributed by atoms with Crippen molar-refractivity contribution < 1.29 is 51.7 Å². The Hall–Kier alpha value is -5.39. The second kappa shape index (κ2) is 21.3. The van der Waals surface area contributed by atoms with E-state index in [0.717, 1.165) is 119 Å². The number of carbonyl (C=O) groups is 1. The predicted octanol–water partition coefficient (Wildman–Crippen LogP) is 9.41. The van der Waals surface area contributed by atoms with E-state index in [9.17, 15) is 4.79 Å². The molecule has 4 atom stereocenters. The first-order valence-corrected chi connectivity index (χ1v) is 23.0. The Morgan fingerprint density at radius 3 is 1.78 bits per heavy atom. The minimum absolute atomic E-state index is 0.145. The molecule has 0 radical (unpaired) electrons. The van der Waals surface area contributed by atoms with Crippen molar-refractivity contribution in [2.45, 2.75) is 85.2 Å². The normalized spacial score (nSPS) is 20.1. The predicted molar refractivity (Wildman–Crippen MR) is 256 cm³/mol. The zero-order chi connectivity index (χ0) is 47.1. The number of rotatable bonds is 20. The minimum Gasteiger partial charge on any atom is -0.501 e. The Morgan fingerprint density at radius 2 is 1.14 bits per heavy atom. The Labute approximate surface area is 388 Å². The zero-order valence-electron chi connectivity index (χ0n) is 41.4. The SMILES string of the molecule is COc1cc2c(cc1OC)C(Cc1cc(C)c(OC)c(OC)c1)[N+](C)(CCCO/C=C/C(=O)OCCC[N+]1(C)CCc3cc(C)c(C)c(OC)c3C1Cc1cc(C)c(C)c(OC)c1)CC2. The molecule has 4 aromatic rings. The van der Waals surface area contributed by atoms with Gasteiger partial charge in [-0.05, 0) is 109 Å². The lowest BCUT2D eigenvalue weighted by Crippen LogP contribution is -2.53. The minimum atomic E-state index is -0.399. The van der Waals surface area contributed by atoms with Gasteiger partial charge in [-0.25, -0.2) is 4.79 Å². The van der Waals surface area contributed by atoms with E-state index in [0.29, 0.717) is 13.2 Å². The fourth-order valence-corrected chi connectivity index (χ4v) is 10.5. The molecule has 2 aliphatic rings. The molecule has 2 heterocycles. The van der Waals surface area contributed by atoms with Gasteiger partial charge in [0.2, 0.25) is 0 Å². The lowest BCUT2D eigenvalue weighted by molar-refractivity contribution is -0.941. The third-order valence-electron chi connectivity index (χ3n) is 14.5. The zero-order valence-corrected chi connectivity index (χ0v) is 41.4. The van der Waals surface area contributed by atoms with Gasteiger partial charge >= 0.3 is 5.97 Å². The summed E-state index contributed by atoms with van der Waals surface area (Å²) in [4.78, 5) is 12.9. The van der Waals surface area contributed by atoms with Gasteiger partial charge in [-0.1, -0.05) is 18.2 Å². The Bertz CT molecular complexity index is 2360. The van der Waals surface area contributed by atoms with Crippen LogP contribution in [0, 0.1) is 34.6 Å². The Kier molecular flexibility index (Phi) is 16.1. The van der Waals surface area contributed by atoms with Crippen molar-refractivity contribution in [3.05, 3.63) is 116 Å². The van der Waals surface area contributed by atoms with Gasteiger partial charge in [0.05, 0.1) is 114 Å². The molecule has 0 N–H and O–H groups in total. The van der Waals surface area contributed by atoms with Crippen LogP contribution in [-0.4, -0.2) is 111 Å². The van der Waals surface area contributed by atoms with Gasteiger partial charge in [-0.2, -0.15) is 0 Å². The number of carbonyl (C=O) groups excluding carboxylic acids is 1. The molecule has 6 rings (SSSR count). The molecule has 4 aromatic carbocycles. The van der Waals surface area contributed by atoms with Crippen LogP contribution in [0.3, 0.4) is 0 Å². The Morgan fingerprint density at radius 1 is 0.585 bits per heavy atom. The molecule has 11 nitrogen and oxygen atoms in total. The highest BCUT2D eigenvalue weighted by atomic mass is 16.5. The second-order valence-electron chi connectivity index (χ2n) is 18.6. The summed E-state index contributed by atoms with van der Waals surface area (Å²) < 4.78 is 48.1. The molecule has 11 heteroatoms. The maximum atomic E-state index is 12.9. The molecule has 0 saturated carbocycles. The van der Waals surface area contributed by atoms with Crippen molar-refractivity contribution in [2.75, 3.05) is 96.1 Å². The van der Waals surface area contributed by atoms with Crippen molar-refractivity contribution in [1.82, 2.24) is 0 Å². The van der Waals surface area contributed by atoms with E-state index >= 15 is 0 Å². The van der Waals surface area contributed by atoms with Gasteiger partial charge in [-0.3, -0.25) is 0 Å². The highest BCUT2D eigenvalue weighted by Gasteiger charge is 2.42. The standard InChI is InChI=1S/C54H74N2O9/c1-35-26-40(31-47(58-8)38(35)4)30-46-52-43(28-36(2)39(5)54(52)63-13)17-22-56(46,7)20-15-24-65-51(57)18-25-64-23-14-19-55(6)21-16-42-33-48(59-9)49(60-10)34-44(42)45(55)29-41-27-37(3)53(62-12)50(32-41)61-11/h18,25-28,31-34,45-46H,14-17,19-24,29-30H2,1-13H3/q+2/b25-18+. The first-order valence-electron chi connectivity index (χ1n) is 23.0. The highest BCUT2D eigenvalue weighted by Crippen LogP contribution is 2.46. The molecule has 0 aromatic heterocycles. The summed E-state index contributed by atoms with van der Waals surface area (Å²) in [6.45, 7) is 15.1. The molecule has 0 aliphatic carbocycles. The first kappa shape index (κ1) is 49.1. The number of hydrogen-bond donors (Lipinski definition) is 0. The smallest absolute Gasteiger partial charge is 0.333 e. The van der Waals surface area contributed by atoms with E-state index in [1.807, 2.05) is 0 Å². The number of fused-ring (bicyclic) bond motifs is 2. The number of hydrogen-bond acceptors (Lipinski definition) is 9. The number of benzene rings is 4. The third-order valence-corrected chi connectivity index (χ3v) is 14.5. The van der Waals surface area contributed by atoms with Gasteiger partial charge in [0.15, 0.2) is 23.0 Å². The molecule has 4 unspecified atom stereocenters. The lowest BCUT2D eigenvalue weighted by Gasteiger charge is -2.46. The van der Waals surface area contributed by atoms with E-state index in [1.165, 1.54) is 62.4 Å². The van der Waals surface area contributed by atoms with Crippen LogP contribution in [0.5, 0.6) is 34.5 Å². The summed E-state index contributed by atoms with van der Waals surface area (Å²) >= 11 is 0. The fourth-order valence-electron chi connectivity index (χ4n) is 10.5. The van der Waals surface area contributed by atoms with Gasteiger partial charge in [0, 0.05) is 44.1 Å². The average Bonchev–Trinajstić information content (AvgIpc) is 3.29. The third kappa shape index (κ3) is 10.7.